The summed E-state index contributed by atoms with van der Waals surface area (Å²) in [5.41, 5.74) is 1.59. The first-order valence-corrected chi connectivity index (χ1v) is 8.57. The van der Waals surface area contributed by atoms with Crippen LogP contribution in [0.4, 0.5) is 5.69 Å². The monoisotopic (exact) mass is 334 g/mol. The van der Waals surface area contributed by atoms with Crippen molar-refractivity contribution in [1.82, 2.24) is 0 Å². The van der Waals surface area contributed by atoms with Crippen LogP contribution in [0.1, 0.15) is 12.5 Å². The number of hydrogen-bond donors (Lipinski definition) is 2. The molecule has 2 aromatic rings. The zero-order chi connectivity index (χ0) is 16.9. The normalized spacial score (nSPS) is 11.0. The lowest BCUT2D eigenvalue weighted by Gasteiger charge is -2.09. The Kier molecular flexibility index (Phi) is 5.36. The predicted molar refractivity (Wildman–Crippen MR) is 87.8 cm³/mol. The molecule has 0 bridgehead atoms. The topological polar surface area (TPSA) is 98.5 Å². The summed E-state index contributed by atoms with van der Waals surface area (Å²) >= 11 is 0. The van der Waals surface area contributed by atoms with Crippen molar-refractivity contribution in [2.45, 2.75) is 18.2 Å². The number of nitrogens with one attached hydrogen (secondary N) is 1. The molecule has 122 valence electrons. The molecule has 0 aromatic heterocycles. The molecule has 0 radical (unpaired) electrons. The third kappa shape index (κ3) is 5.08. The maximum Gasteiger partial charge on any atom is 0.262 e. The van der Waals surface area contributed by atoms with Gasteiger partial charge in [0.05, 0.1) is 4.90 Å². The van der Waals surface area contributed by atoms with E-state index in [-0.39, 0.29) is 17.4 Å². The number of primary sulfonamides is 1. The van der Waals surface area contributed by atoms with E-state index < -0.39 is 10.0 Å². The standard InChI is InChI=1S/C16H18N2O4S/c1-2-12-4-3-5-14(10-12)22-11-16(19)18-13-6-8-15(9-7-13)23(17,20)21/h3-10H,2,11H2,1H3,(H,18,19)(H2,17,20,21). The third-order valence-corrected chi connectivity index (χ3v) is 4.07. The second kappa shape index (κ2) is 7.26. The van der Waals surface area contributed by atoms with Crippen molar-refractivity contribution < 1.29 is 17.9 Å². The van der Waals surface area contributed by atoms with Gasteiger partial charge in [-0.3, -0.25) is 4.79 Å². The van der Waals surface area contributed by atoms with E-state index in [2.05, 4.69) is 5.32 Å². The summed E-state index contributed by atoms with van der Waals surface area (Å²) < 4.78 is 27.7. The molecule has 0 fully saturated rings. The van der Waals surface area contributed by atoms with E-state index in [1.165, 1.54) is 24.3 Å². The van der Waals surface area contributed by atoms with Crippen molar-refractivity contribution in [3.63, 3.8) is 0 Å². The molecule has 0 spiro atoms. The number of hydrogen-bond acceptors (Lipinski definition) is 4. The van der Waals surface area contributed by atoms with Crippen LogP contribution in [-0.2, 0) is 21.2 Å². The van der Waals surface area contributed by atoms with Crippen molar-refractivity contribution in [1.29, 1.82) is 0 Å². The Hall–Kier alpha value is -2.38. The van der Waals surface area contributed by atoms with Crippen molar-refractivity contribution in [2.24, 2.45) is 5.14 Å². The molecule has 3 N–H and O–H groups in total. The molecule has 0 aliphatic carbocycles. The minimum Gasteiger partial charge on any atom is -0.484 e. The van der Waals surface area contributed by atoms with Crippen LogP contribution in [0.2, 0.25) is 0 Å². The Morgan fingerprint density at radius 3 is 2.48 bits per heavy atom. The molecule has 7 heteroatoms. The Morgan fingerprint density at radius 1 is 1.17 bits per heavy atom. The second-order valence-corrected chi connectivity index (χ2v) is 6.47. The van der Waals surface area contributed by atoms with Gasteiger partial charge in [-0.15, -0.1) is 0 Å². The summed E-state index contributed by atoms with van der Waals surface area (Å²) in [6.45, 7) is 1.90. The fourth-order valence-electron chi connectivity index (χ4n) is 1.93. The van der Waals surface area contributed by atoms with Crippen molar-refractivity contribution in [3.8, 4) is 5.75 Å². The Morgan fingerprint density at radius 2 is 1.87 bits per heavy atom. The molecule has 2 rings (SSSR count). The van der Waals surface area contributed by atoms with Crippen LogP contribution in [-0.4, -0.2) is 20.9 Å². The molecule has 0 saturated carbocycles. The summed E-state index contributed by atoms with van der Waals surface area (Å²) in [6.07, 6.45) is 0.889. The molecule has 1 amide bonds. The van der Waals surface area contributed by atoms with Crippen molar-refractivity contribution in [2.75, 3.05) is 11.9 Å². The fraction of sp³-hybridized carbons (Fsp3) is 0.188. The highest BCUT2D eigenvalue weighted by molar-refractivity contribution is 7.89. The Balaban J connectivity index is 1.92. The minimum absolute atomic E-state index is 0.0110. The van der Waals surface area contributed by atoms with E-state index >= 15 is 0 Å². The van der Waals surface area contributed by atoms with Gasteiger partial charge in [0, 0.05) is 5.69 Å². The van der Waals surface area contributed by atoms with Crippen LogP contribution in [0.25, 0.3) is 0 Å². The number of rotatable bonds is 6. The molecule has 0 atom stereocenters. The molecule has 0 aliphatic heterocycles. The molecule has 0 heterocycles. The van der Waals surface area contributed by atoms with Crippen LogP contribution in [0.15, 0.2) is 53.4 Å². The molecular weight excluding hydrogens is 316 g/mol. The number of aryl methyl sites for hydroxylation is 1. The van der Waals surface area contributed by atoms with Crippen LogP contribution in [0.5, 0.6) is 5.75 Å². The van der Waals surface area contributed by atoms with Gasteiger partial charge >= 0.3 is 0 Å². The lowest BCUT2D eigenvalue weighted by molar-refractivity contribution is -0.118. The molecule has 0 aliphatic rings. The number of nitrogens with two attached hydrogens (primary N) is 1. The highest BCUT2D eigenvalue weighted by Gasteiger charge is 2.08. The molecule has 6 nitrogen and oxygen atoms in total. The first-order chi connectivity index (χ1) is 10.9. The quantitative estimate of drug-likeness (QED) is 0.843. The lowest BCUT2D eigenvalue weighted by Crippen LogP contribution is -2.20. The largest absolute Gasteiger partial charge is 0.484 e. The number of carbonyl (C=O) groups is 1. The van der Waals surface area contributed by atoms with Crippen LogP contribution in [0.3, 0.4) is 0 Å². The minimum atomic E-state index is -3.74. The van der Waals surface area contributed by atoms with Gasteiger partial charge in [0.1, 0.15) is 5.75 Å². The number of anilines is 1. The van der Waals surface area contributed by atoms with E-state index in [4.69, 9.17) is 9.88 Å². The van der Waals surface area contributed by atoms with E-state index in [9.17, 15) is 13.2 Å². The number of benzene rings is 2. The molecule has 0 unspecified atom stereocenters. The van der Waals surface area contributed by atoms with E-state index in [0.717, 1.165) is 12.0 Å². The number of ether oxygens (including phenoxy) is 1. The van der Waals surface area contributed by atoms with Gasteiger partial charge in [0.15, 0.2) is 6.61 Å². The first-order valence-electron chi connectivity index (χ1n) is 7.03. The van der Waals surface area contributed by atoms with Crippen LogP contribution < -0.4 is 15.2 Å². The van der Waals surface area contributed by atoms with Gasteiger partial charge in [0.25, 0.3) is 5.91 Å². The first kappa shape index (κ1) is 17.0. The van der Waals surface area contributed by atoms with Gasteiger partial charge in [-0.05, 0) is 48.4 Å². The average molecular weight is 334 g/mol. The zero-order valence-electron chi connectivity index (χ0n) is 12.7. The smallest absolute Gasteiger partial charge is 0.262 e. The van der Waals surface area contributed by atoms with Crippen molar-refractivity contribution >= 4 is 21.6 Å². The van der Waals surface area contributed by atoms with Crippen molar-refractivity contribution in [3.05, 3.63) is 54.1 Å². The summed E-state index contributed by atoms with van der Waals surface area (Å²) in [7, 11) is -3.74. The van der Waals surface area contributed by atoms with Gasteiger partial charge in [-0.25, -0.2) is 13.6 Å². The molecule has 0 saturated heterocycles. The van der Waals surface area contributed by atoms with Gasteiger partial charge in [-0.2, -0.15) is 0 Å². The highest BCUT2D eigenvalue weighted by Crippen LogP contribution is 2.15. The van der Waals surface area contributed by atoms with Crippen LogP contribution >= 0.6 is 0 Å². The van der Waals surface area contributed by atoms with E-state index in [1.54, 1.807) is 6.07 Å². The van der Waals surface area contributed by atoms with Crippen LogP contribution in [0, 0.1) is 0 Å². The molecule has 23 heavy (non-hydrogen) atoms. The van der Waals surface area contributed by atoms with E-state index in [1.807, 2.05) is 25.1 Å². The maximum absolute atomic E-state index is 11.8. The summed E-state index contributed by atoms with van der Waals surface area (Å²) in [5, 5.41) is 7.63. The zero-order valence-corrected chi connectivity index (χ0v) is 13.5. The van der Waals surface area contributed by atoms with Gasteiger partial charge in [0.2, 0.25) is 10.0 Å². The third-order valence-electron chi connectivity index (χ3n) is 3.14. The molecule has 2 aromatic carbocycles. The maximum atomic E-state index is 11.8. The molecular formula is C16H18N2O4S. The average Bonchev–Trinajstić information content (AvgIpc) is 2.53. The number of carbonyl (C=O) groups excluding carboxylic acids is 1. The second-order valence-electron chi connectivity index (χ2n) is 4.91. The predicted octanol–water partition coefficient (Wildman–Crippen LogP) is 1.91. The van der Waals surface area contributed by atoms with Gasteiger partial charge in [-0.1, -0.05) is 19.1 Å². The number of sulfonamides is 1. The van der Waals surface area contributed by atoms with Gasteiger partial charge < -0.3 is 10.1 Å². The highest BCUT2D eigenvalue weighted by atomic mass is 32.2. The summed E-state index contributed by atoms with van der Waals surface area (Å²) in [4.78, 5) is 11.8. The summed E-state index contributed by atoms with van der Waals surface area (Å²) in [6, 6.07) is 13.1. The SMILES string of the molecule is CCc1cccc(OCC(=O)Nc2ccc(S(N)(=O)=O)cc2)c1. The summed E-state index contributed by atoms with van der Waals surface area (Å²) in [5.74, 6) is 0.291. The number of amides is 1. The fourth-order valence-corrected chi connectivity index (χ4v) is 2.44. The van der Waals surface area contributed by atoms with E-state index in [0.29, 0.717) is 11.4 Å². The Bertz CT molecular complexity index is 786. The lowest BCUT2D eigenvalue weighted by atomic mass is 10.2. The Labute approximate surface area is 135 Å².